The first-order chi connectivity index (χ1) is 8.99. The first kappa shape index (κ1) is 13.9. The van der Waals surface area contributed by atoms with Crippen LogP contribution in [-0.2, 0) is 10.0 Å². The third-order valence-electron chi connectivity index (χ3n) is 2.79. The highest BCUT2D eigenvalue weighted by molar-refractivity contribution is 7.89. The lowest BCUT2D eigenvalue weighted by atomic mass is 10.3. The maximum absolute atomic E-state index is 11.9. The maximum atomic E-state index is 11.9. The molecule has 1 aromatic carbocycles. The first-order valence-electron chi connectivity index (χ1n) is 5.96. The molecule has 0 spiro atoms. The van der Waals surface area contributed by atoms with Crippen molar-refractivity contribution in [1.29, 1.82) is 0 Å². The summed E-state index contributed by atoms with van der Waals surface area (Å²) in [5.74, 6) is 0. The highest BCUT2D eigenvalue weighted by atomic mass is 32.2. The standard InChI is InChI=1S/C11H15N3O4S/c15-14(16)10-3-5-11(6-4-10)19(17,18)13-8-7-12-9-1-2-9/h3-6,9,12-13H,1-2,7-8H2. The lowest BCUT2D eigenvalue weighted by Gasteiger charge is -2.07. The Kier molecular flexibility index (Phi) is 4.13. The SMILES string of the molecule is O=[N+]([O-])c1ccc(S(=O)(=O)NCCNC2CC2)cc1. The third kappa shape index (κ3) is 3.98. The summed E-state index contributed by atoms with van der Waals surface area (Å²) in [6.45, 7) is 0.882. The molecule has 104 valence electrons. The second-order valence-corrected chi connectivity index (χ2v) is 6.14. The van der Waals surface area contributed by atoms with Crippen LogP contribution in [0.25, 0.3) is 0 Å². The fraction of sp³-hybridized carbons (Fsp3) is 0.455. The number of hydrogen-bond donors (Lipinski definition) is 2. The van der Waals surface area contributed by atoms with Gasteiger partial charge in [0.15, 0.2) is 0 Å². The number of nitro groups is 1. The number of nitrogens with one attached hydrogen (secondary N) is 2. The predicted octanol–water partition coefficient (Wildman–Crippen LogP) is 0.625. The quantitative estimate of drug-likeness (QED) is 0.434. The average molecular weight is 285 g/mol. The second kappa shape index (κ2) is 5.64. The summed E-state index contributed by atoms with van der Waals surface area (Å²) in [6.07, 6.45) is 2.30. The number of non-ortho nitro benzene ring substituents is 1. The van der Waals surface area contributed by atoms with E-state index < -0.39 is 14.9 Å². The summed E-state index contributed by atoms with van der Waals surface area (Å²) in [4.78, 5) is 9.94. The molecule has 1 aliphatic rings. The summed E-state index contributed by atoms with van der Waals surface area (Å²) >= 11 is 0. The van der Waals surface area contributed by atoms with Crippen molar-refractivity contribution < 1.29 is 13.3 Å². The summed E-state index contributed by atoms with van der Waals surface area (Å²) < 4.78 is 26.2. The summed E-state index contributed by atoms with van der Waals surface area (Å²) in [5.41, 5.74) is -0.130. The minimum atomic E-state index is -3.59. The van der Waals surface area contributed by atoms with Gasteiger partial charge in [0.1, 0.15) is 0 Å². The van der Waals surface area contributed by atoms with Crippen LogP contribution in [0.1, 0.15) is 12.8 Å². The third-order valence-corrected chi connectivity index (χ3v) is 4.26. The van der Waals surface area contributed by atoms with Crippen LogP contribution < -0.4 is 10.0 Å². The number of nitro benzene ring substituents is 1. The molecule has 0 radical (unpaired) electrons. The Morgan fingerprint density at radius 2 is 1.84 bits per heavy atom. The van der Waals surface area contributed by atoms with Gasteiger partial charge in [-0.25, -0.2) is 13.1 Å². The Balaban J connectivity index is 1.91. The van der Waals surface area contributed by atoms with E-state index in [1.807, 2.05) is 0 Å². The van der Waals surface area contributed by atoms with Crippen molar-refractivity contribution in [3.8, 4) is 0 Å². The Bertz CT molecular complexity index is 552. The minimum absolute atomic E-state index is 0.0320. The predicted molar refractivity (Wildman–Crippen MR) is 69.3 cm³/mol. The van der Waals surface area contributed by atoms with E-state index in [2.05, 4.69) is 10.0 Å². The molecule has 0 amide bonds. The number of benzene rings is 1. The van der Waals surface area contributed by atoms with Gasteiger partial charge in [0, 0.05) is 31.3 Å². The van der Waals surface area contributed by atoms with Gasteiger partial charge in [-0.1, -0.05) is 0 Å². The highest BCUT2D eigenvalue weighted by Gasteiger charge is 2.20. The molecule has 0 aliphatic heterocycles. The van der Waals surface area contributed by atoms with Crippen LogP contribution in [0.3, 0.4) is 0 Å². The molecule has 19 heavy (non-hydrogen) atoms. The minimum Gasteiger partial charge on any atom is -0.313 e. The molecule has 1 saturated carbocycles. The van der Waals surface area contributed by atoms with E-state index in [0.717, 1.165) is 12.8 Å². The van der Waals surface area contributed by atoms with Gasteiger partial charge in [0.25, 0.3) is 5.69 Å². The molecule has 8 heteroatoms. The second-order valence-electron chi connectivity index (χ2n) is 4.38. The first-order valence-corrected chi connectivity index (χ1v) is 7.45. The largest absolute Gasteiger partial charge is 0.313 e. The summed E-state index contributed by atoms with van der Waals surface area (Å²) in [5, 5.41) is 13.7. The number of rotatable bonds is 7. The smallest absolute Gasteiger partial charge is 0.269 e. The van der Waals surface area contributed by atoms with Crippen LogP contribution in [-0.4, -0.2) is 32.5 Å². The lowest BCUT2D eigenvalue weighted by Crippen LogP contribution is -2.32. The Labute approximate surface area is 111 Å². The van der Waals surface area contributed by atoms with Crippen LogP contribution >= 0.6 is 0 Å². The molecule has 0 heterocycles. The molecule has 1 aliphatic carbocycles. The molecule has 1 fully saturated rings. The van der Waals surface area contributed by atoms with E-state index in [9.17, 15) is 18.5 Å². The lowest BCUT2D eigenvalue weighted by molar-refractivity contribution is -0.384. The van der Waals surface area contributed by atoms with Crippen molar-refractivity contribution in [2.24, 2.45) is 0 Å². The van der Waals surface area contributed by atoms with E-state index in [4.69, 9.17) is 0 Å². The average Bonchev–Trinajstić information content (AvgIpc) is 3.19. The van der Waals surface area contributed by atoms with Gasteiger partial charge < -0.3 is 5.32 Å². The van der Waals surface area contributed by atoms with Crippen LogP contribution in [0, 0.1) is 10.1 Å². The zero-order valence-electron chi connectivity index (χ0n) is 10.2. The monoisotopic (exact) mass is 285 g/mol. The Morgan fingerprint density at radius 3 is 2.37 bits per heavy atom. The van der Waals surface area contributed by atoms with Crippen molar-refractivity contribution in [2.45, 2.75) is 23.8 Å². The fourth-order valence-electron chi connectivity index (χ4n) is 1.58. The molecule has 0 saturated heterocycles. The van der Waals surface area contributed by atoms with Gasteiger partial charge in [-0.15, -0.1) is 0 Å². The van der Waals surface area contributed by atoms with Crippen molar-refractivity contribution in [3.05, 3.63) is 34.4 Å². The van der Waals surface area contributed by atoms with Crippen molar-refractivity contribution in [3.63, 3.8) is 0 Å². The van der Waals surface area contributed by atoms with Gasteiger partial charge in [-0.2, -0.15) is 0 Å². The van der Waals surface area contributed by atoms with E-state index >= 15 is 0 Å². The van der Waals surface area contributed by atoms with Crippen LogP contribution in [0.2, 0.25) is 0 Å². The van der Waals surface area contributed by atoms with Gasteiger partial charge in [-0.3, -0.25) is 10.1 Å². The number of hydrogen-bond acceptors (Lipinski definition) is 5. The molecule has 7 nitrogen and oxygen atoms in total. The van der Waals surface area contributed by atoms with Crippen molar-refractivity contribution in [1.82, 2.24) is 10.0 Å². The summed E-state index contributed by atoms with van der Waals surface area (Å²) in [6, 6.07) is 5.35. The van der Waals surface area contributed by atoms with Gasteiger partial charge >= 0.3 is 0 Å². The van der Waals surface area contributed by atoms with Crippen LogP contribution in [0.4, 0.5) is 5.69 Å². The van der Waals surface area contributed by atoms with E-state index in [-0.39, 0.29) is 10.6 Å². The molecule has 0 atom stereocenters. The van der Waals surface area contributed by atoms with Gasteiger partial charge in [0.2, 0.25) is 10.0 Å². The van der Waals surface area contributed by atoms with Crippen LogP contribution in [0.15, 0.2) is 29.2 Å². The van der Waals surface area contributed by atoms with Gasteiger partial charge in [-0.05, 0) is 25.0 Å². The molecule has 1 aromatic rings. The number of nitrogens with zero attached hydrogens (tertiary/aromatic N) is 1. The summed E-state index contributed by atoms with van der Waals surface area (Å²) in [7, 11) is -3.59. The molecule has 2 N–H and O–H groups in total. The van der Waals surface area contributed by atoms with E-state index in [0.29, 0.717) is 19.1 Å². The Morgan fingerprint density at radius 1 is 1.21 bits per heavy atom. The molecule has 0 bridgehead atoms. The molecular weight excluding hydrogens is 270 g/mol. The van der Waals surface area contributed by atoms with Gasteiger partial charge in [0.05, 0.1) is 9.82 Å². The van der Waals surface area contributed by atoms with Crippen molar-refractivity contribution in [2.75, 3.05) is 13.1 Å². The zero-order valence-corrected chi connectivity index (χ0v) is 11.0. The molecule has 0 unspecified atom stereocenters. The number of sulfonamides is 1. The topological polar surface area (TPSA) is 101 Å². The van der Waals surface area contributed by atoms with Crippen LogP contribution in [0.5, 0.6) is 0 Å². The highest BCUT2D eigenvalue weighted by Crippen LogP contribution is 2.18. The molecule has 2 rings (SSSR count). The molecule has 0 aromatic heterocycles. The van der Waals surface area contributed by atoms with E-state index in [1.165, 1.54) is 24.3 Å². The zero-order chi connectivity index (χ0) is 13.9. The van der Waals surface area contributed by atoms with E-state index in [1.54, 1.807) is 0 Å². The van der Waals surface area contributed by atoms with Crippen molar-refractivity contribution >= 4 is 15.7 Å². The maximum Gasteiger partial charge on any atom is 0.269 e. The fourth-order valence-corrected chi connectivity index (χ4v) is 2.61. The molecular formula is C11H15N3O4S. The normalized spacial score (nSPS) is 15.4. The Hall–Kier alpha value is -1.51.